The molecule has 2 aromatic carbocycles. The number of nitriles is 1. The first kappa shape index (κ1) is 17.2. The number of carbonyl (C=O) groups is 1. The number of hydrogen-bond acceptors (Lipinski definition) is 4. The van der Waals surface area contributed by atoms with Gasteiger partial charge in [0, 0.05) is 18.3 Å². The van der Waals surface area contributed by atoms with E-state index in [4.69, 9.17) is 10.00 Å². The number of aromatic nitrogens is 2. The van der Waals surface area contributed by atoms with E-state index >= 15 is 0 Å². The minimum absolute atomic E-state index is 0.163. The Hall–Kier alpha value is -3.66. The van der Waals surface area contributed by atoms with Gasteiger partial charge in [0.2, 0.25) is 0 Å². The van der Waals surface area contributed by atoms with Crippen LogP contribution in [0, 0.1) is 17.1 Å². The van der Waals surface area contributed by atoms with E-state index in [0.717, 1.165) is 0 Å². The highest BCUT2D eigenvalue weighted by atomic mass is 19.1. The Labute approximate surface area is 149 Å². The third kappa shape index (κ3) is 3.39. The van der Waals surface area contributed by atoms with Gasteiger partial charge in [-0.2, -0.15) is 10.4 Å². The predicted octanol–water partition coefficient (Wildman–Crippen LogP) is 3.36. The van der Waals surface area contributed by atoms with Crippen molar-refractivity contribution in [1.29, 1.82) is 5.26 Å². The number of aryl methyl sites for hydroxylation is 1. The molecular weight excluding hydrogens is 335 g/mol. The second-order valence-corrected chi connectivity index (χ2v) is 5.53. The van der Waals surface area contributed by atoms with Crippen LogP contribution in [0.4, 0.5) is 10.1 Å². The van der Waals surface area contributed by atoms with Crippen LogP contribution in [0.3, 0.4) is 0 Å². The first-order chi connectivity index (χ1) is 12.5. The summed E-state index contributed by atoms with van der Waals surface area (Å²) < 4.78 is 20.4. The summed E-state index contributed by atoms with van der Waals surface area (Å²) in [7, 11) is 3.15. The third-order valence-electron chi connectivity index (χ3n) is 3.80. The molecule has 0 bridgehead atoms. The van der Waals surface area contributed by atoms with Crippen LogP contribution < -0.4 is 10.1 Å². The topological polar surface area (TPSA) is 79.9 Å². The maximum Gasteiger partial charge on any atom is 0.276 e. The highest BCUT2D eigenvalue weighted by Gasteiger charge is 2.17. The van der Waals surface area contributed by atoms with Gasteiger partial charge in [0.25, 0.3) is 5.91 Å². The molecule has 0 spiro atoms. The minimum Gasteiger partial charge on any atom is -0.496 e. The molecule has 0 saturated heterocycles. The van der Waals surface area contributed by atoms with Gasteiger partial charge >= 0.3 is 0 Å². The van der Waals surface area contributed by atoms with Crippen LogP contribution >= 0.6 is 0 Å². The molecule has 0 aliphatic carbocycles. The quantitative estimate of drug-likeness (QED) is 0.782. The van der Waals surface area contributed by atoms with Crippen molar-refractivity contribution in [3.63, 3.8) is 0 Å². The zero-order valence-corrected chi connectivity index (χ0v) is 14.2. The van der Waals surface area contributed by atoms with Crippen molar-refractivity contribution in [3.05, 3.63) is 65.6 Å². The lowest BCUT2D eigenvalue weighted by atomic mass is 10.1. The van der Waals surface area contributed by atoms with E-state index in [0.29, 0.717) is 28.3 Å². The third-order valence-corrected chi connectivity index (χ3v) is 3.80. The Kier molecular flexibility index (Phi) is 4.67. The van der Waals surface area contributed by atoms with Gasteiger partial charge in [0.05, 0.1) is 24.4 Å². The number of rotatable bonds is 4. The van der Waals surface area contributed by atoms with Crippen molar-refractivity contribution in [2.75, 3.05) is 12.4 Å². The largest absolute Gasteiger partial charge is 0.496 e. The van der Waals surface area contributed by atoms with Crippen molar-refractivity contribution >= 4 is 11.6 Å². The minimum atomic E-state index is -0.433. The smallest absolute Gasteiger partial charge is 0.276 e. The van der Waals surface area contributed by atoms with Crippen LogP contribution in [0.25, 0.3) is 11.3 Å². The van der Waals surface area contributed by atoms with Gasteiger partial charge in [-0.15, -0.1) is 0 Å². The monoisotopic (exact) mass is 350 g/mol. The average molecular weight is 350 g/mol. The number of nitrogens with one attached hydrogen (secondary N) is 1. The Morgan fingerprint density at radius 2 is 2.08 bits per heavy atom. The van der Waals surface area contributed by atoms with Gasteiger partial charge < -0.3 is 10.1 Å². The Morgan fingerprint density at radius 3 is 2.81 bits per heavy atom. The maximum absolute atomic E-state index is 13.6. The molecule has 0 unspecified atom stereocenters. The number of halogens is 1. The molecule has 0 atom stereocenters. The van der Waals surface area contributed by atoms with E-state index in [-0.39, 0.29) is 5.69 Å². The maximum atomic E-state index is 13.6. The van der Waals surface area contributed by atoms with E-state index in [9.17, 15) is 9.18 Å². The average Bonchev–Trinajstić information content (AvgIpc) is 3.03. The summed E-state index contributed by atoms with van der Waals surface area (Å²) in [4.78, 5) is 12.5. The molecular formula is C19H15FN4O2. The molecule has 7 heteroatoms. The SMILES string of the molecule is COc1ccc(F)cc1-c1cc(C(=O)Nc2cccc(C#N)c2)nn1C. The lowest BCUT2D eigenvalue weighted by molar-refractivity contribution is 0.102. The van der Waals surface area contributed by atoms with Crippen molar-refractivity contribution in [2.45, 2.75) is 0 Å². The van der Waals surface area contributed by atoms with Crippen LogP contribution in [0.2, 0.25) is 0 Å². The highest BCUT2D eigenvalue weighted by Crippen LogP contribution is 2.31. The molecule has 3 rings (SSSR count). The van der Waals surface area contributed by atoms with Crippen LogP contribution in [0.5, 0.6) is 5.75 Å². The number of carbonyl (C=O) groups excluding carboxylic acids is 1. The fourth-order valence-corrected chi connectivity index (χ4v) is 2.57. The fraction of sp³-hybridized carbons (Fsp3) is 0.105. The van der Waals surface area contributed by atoms with Gasteiger partial charge in [-0.25, -0.2) is 4.39 Å². The second kappa shape index (κ2) is 7.07. The van der Waals surface area contributed by atoms with Crippen molar-refractivity contribution in [3.8, 4) is 23.1 Å². The number of anilines is 1. The molecule has 130 valence electrons. The Bertz CT molecular complexity index is 1020. The standard InChI is InChI=1S/C19H15FN4O2/c1-24-17(15-9-13(20)6-7-18(15)26-2)10-16(23-24)19(25)22-14-5-3-4-12(8-14)11-21/h3-10H,1-2H3,(H,22,25). The van der Waals surface area contributed by atoms with Crippen molar-refractivity contribution in [1.82, 2.24) is 9.78 Å². The molecule has 0 aliphatic rings. The Morgan fingerprint density at radius 1 is 1.27 bits per heavy atom. The van der Waals surface area contributed by atoms with Crippen molar-refractivity contribution in [2.24, 2.45) is 7.05 Å². The summed E-state index contributed by atoms with van der Waals surface area (Å²) in [6.07, 6.45) is 0. The van der Waals surface area contributed by atoms with Gasteiger partial charge in [0.1, 0.15) is 11.6 Å². The van der Waals surface area contributed by atoms with Gasteiger partial charge in [-0.3, -0.25) is 9.48 Å². The molecule has 0 aliphatic heterocycles. The lowest BCUT2D eigenvalue weighted by Crippen LogP contribution is -2.13. The van der Waals surface area contributed by atoms with Crippen molar-refractivity contribution < 1.29 is 13.9 Å². The summed E-state index contributed by atoms with van der Waals surface area (Å²) >= 11 is 0. The van der Waals surface area contributed by atoms with E-state index < -0.39 is 11.7 Å². The Balaban J connectivity index is 1.92. The van der Waals surface area contributed by atoms with Crippen LogP contribution in [0.15, 0.2) is 48.5 Å². The molecule has 1 N–H and O–H groups in total. The summed E-state index contributed by atoms with van der Waals surface area (Å²) in [5.41, 5.74) is 2.13. The van der Waals surface area contributed by atoms with Crippen LogP contribution in [-0.2, 0) is 7.05 Å². The number of amides is 1. The summed E-state index contributed by atoms with van der Waals surface area (Å²) in [6, 6.07) is 14.3. The van der Waals surface area contributed by atoms with Crippen LogP contribution in [-0.4, -0.2) is 22.8 Å². The number of nitrogens with zero attached hydrogens (tertiary/aromatic N) is 3. The molecule has 26 heavy (non-hydrogen) atoms. The van der Waals surface area contributed by atoms with E-state index in [1.54, 1.807) is 37.4 Å². The molecule has 0 saturated carbocycles. The summed E-state index contributed by atoms with van der Waals surface area (Å²) in [6.45, 7) is 0. The summed E-state index contributed by atoms with van der Waals surface area (Å²) in [5, 5.41) is 15.8. The molecule has 0 fully saturated rings. The first-order valence-electron chi connectivity index (χ1n) is 7.71. The normalized spacial score (nSPS) is 10.2. The molecule has 1 heterocycles. The van der Waals surface area contributed by atoms with Gasteiger partial charge in [-0.1, -0.05) is 6.07 Å². The number of methoxy groups -OCH3 is 1. The number of ether oxygens (including phenoxy) is 1. The zero-order valence-electron chi connectivity index (χ0n) is 14.2. The zero-order chi connectivity index (χ0) is 18.7. The lowest BCUT2D eigenvalue weighted by Gasteiger charge is -2.08. The molecule has 0 radical (unpaired) electrons. The second-order valence-electron chi connectivity index (χ2n) is 5.53. The number of hydrogen-bond donors (Lipinski definition) is 1. The first-order valence-corrected chi connectivity index (χ1v) is 7.71. The molecule has 1 amide bonds. The van der Waals surface area contributed by atoms with Crippen LogP contribution in [0.1, 0.15) is 16.1 Å². The fourth-order valence-electron chi connectivity index (χ4n) is 2.57. The molecule has 6 nitrogen and oxygen atoms in total. The van der Waals surface area contributed by atoms with Gasteiger partial charge in [-0.05, 0) is 42.5 Å². The van der Waals surface area contributed by atoms with E-state index in [1.807, 2.05) is 6.07 Å². The summed E-state index contributed by atoms with van der Waals surface area (Å²) in [5.74, 6) is -0.373. The van der Waals surface area contributed by atoms with E-state index in [1.165, 1.54) is 30.0 Å². The molecule has 3 aromatic rings. The van der Waals surface area contributed by atoms with E-state index in [2.05, 4.69) is 10.4 Å². The molecule has 1 aromatic heterocycles. The highest BCUT2D eigenvalue weighted by molar-refractivity contribution is 6.03. The van der Waals surface area contributed by atoms with Gasteiger partial charge in [0.15, 0.2) is 5.69 Å². The predicted molar refractivity (Wildman–Crippen MR) is 94.3 cm³/mol. The number of benzene rings is 2.